The zero-order chi connectivity index (χ0) is 16.7. The molecular weight excluding hydrogens is 296 g/mol. The minimum Gasteiger partial charge on any atom is -0.497 e. The molecule has 2 aromatic rings. The maximum Gasteiger partial charge on any atom is 0.321 e. The van der Waals surface area contributed by atoms with Gasteiger partial charge in [0.15, 0.2) is 0 Å². The van der Waals surface area contributed by atoms with Crippen LogP contribution in [0.25, 0.3) is 0 Å². The second-order valence-corrected chi connectivity index (χ2v) is 4.79. The molecule has 0 radical (unpaired) electrons. The summed E-state index contributed by atoms with van der Waals surface area (Å²) in [4.78, 5) is 22.0. The van der Waals surface area contributed by atoms with Gasteiger partial charge in [0.05, 0.1) is 7.11 Å². The standard InChI is InChI=1S/C17H18N2O4/c1-12(20)19-17(21)18-11-13-3-5-15(6-4-13)23-16-9-7-14(22-2)8-10-16/h3-10H,11H2,1-2H3,(H2,18,19,20,21). The van der Waals surface area contributed by atoms with Gasteiger partial charge in [0.25, 0.3) is 0 Å². The second-order valence-electron chi connectivity index (χ2n) is 4.79. The first kappa shape index (κ1) is 16.4. The Hall–Kier alpha value is -3.02. The molecular formula is C17H18N2O4. The average molecular weight is 314 g/mol. The second kappa shape index (κ2) is 7.84. The van der Waals surface area contributed by atoms with Crippen LogP contribution in [-0.4, -0.2) is 19.0 Å². The highest BCUT2D eigenvalue weighted by molar-refractivity contribution is 5.92. The number of urea groups is 1. The number of carbonyl (C=O) groups is 2. The summed E-state index contributed by atoms with van der Waals surface area (Å²) in [6.07, 6.45) is 0. The molecule has 2 aromatic carbocycles. The van der Waals surface area contributed by atoms with Gasteiger partial charge >= 0.3 is 6.03 Å². The van der Waals surface area contributed by atoms with Crippen molar-refractivity contribution >= 4 is 11.9 Å². The largest absolute Gasteiger partial charge is 0.497 e. The Morgan fingerprint density at radius 2 is 1.43 bits per heavy atom. The predicted octanol–water partition coefficient (Wildman–Crippen LogP) is 2.83. The van der Waals surface area contributed by atoms with Crippen LogP contribution in [0.15, 0.2) is 48.5 Å². The van der Waals surface area contributed by atoms with Crippen molar-refractivity contribution in [2.75, 3.05) is 7.11 Å². The van der Waals surface area contributed by atoms with E-state index in [9.17, 15) is 9.59 Å². The third-order valence-corrected chi connectivity index (χ3v) is 2.96. The van der Waals surface area contributed by atoms with Gasteiger partial charge in [-0.15, -0.1) is 0 Å². The van der Waals surface area contributed by atoms with E-state index in [4.69, 9.17) is 9.47 Å². The third kappa shape index (κ3) is 5.35. The minimum atomic E-state index is -0.518. The number of hydrogen-bond donors (Lipinski definition) is 2. The molecule has 0 saturated heterocycles. The molecule has 6 heteroatoms. The SMILES string of the molecule is COc1ccc(Oc2ccc(CNC(=O)NC(C)=O)cc2)cc1. The molecule has 0 bridgehead atoms. The molecule has 23 heavy (non-hydrogen) atoms. The Morgan fingerprint density at radius 1 is 0.913 bits per heavy atom. The summed E-state index contributed by atoms with van der Waals surface area (Å²) < 4.78 is 10.8. The molecule has 120 valence electrons. The first-order valence-electron chi connectivity index (χ1n) is 7.03. The predicted molar refractivity (Wildman–Crippen MR) is 85.6 cm³/mol. The summed E-state index contributed by atoms with van der Waals surface area (Å²) in [5.74, 6) is 1.76. The van der Waals surface area contributed by atoms with Crippen LogP contribution in [0.1, 0.15) is 12.5 Å². The van der Waals surface area contributed by atoms with E-state index in [-0.39, 0.29) is 0 Å². The molecule has 0 atom stereocenters. The van der Waals surface area contributed by atoms with Crippen LogP contribution in [0.3, 0.4) is 0 Å². The third-order valence-electron chi connectivity index (χ3n) is 2.96. The Balaban J connectivity index is 1.88. The molecule has 6 nitrogen and oxygen atoms in total. The van der Waals surface area contributed by atoms with Gasteiger partial charge in [-0.2, -0.15) is 0 Å². The Morgan fingerprint density at radius 3 is 1.96 bits per heavy atom. The summed E-state index contributed by atoms with van der Waals surface area (Å²) in [7, 11) is 1.61. The van der Waals surface area contributed by atoms with Gasteiger partial charge in [-0.1, -0.05) is 12.1 Å². The summed E-state index contributed by atoms with van der Waals surface area (Å²) in [6.45, 7) is 1.60. The first-order valence-corrected chi connectivity index (χ1v) is 7.03. The number of ether oxygens (including phenoxy) is 2. The highest BCUT2D eigenvalue weighted by Crippen LogP contribution is 2.23. The van der Waals surface area contributed by atoms with E-state index in [1.54, 1.807) is 7.11 Å². The maximum atomic E-state index is 11.3. The Bertz CT molecular complexity index is 666. The van der Waals surface area contributed by atoms with Crippen LogP contribution < -0.4 is 20.1 Å². The van der Waals surface area contributed by atoms with Gasteiger partial charge in [0, 0.05) is 13.5 Å². The van der Waals surface area contributed by atoms with Crippen molar-refractivity contribution in [2.24, 2.45) is 0 Å². The maximum absolute atomic E-state index is 11.3. The molecule has 0 spiro atoms. The van der Waals surface area contributed by atoms with Gasteiger partial charge in [-0.05, 0) is 42.0 Å². The van der Waals surface area contributed by atoms with Crippen molar-refractivity contribution in [3.63, 3.8) is 0 Å². The van der Waals surface area contributed by atoms with E-state index in [2.05, 4.69) is 10.6 Å². The summed E-state index contributed by atoms with van der Waals surface area (Å²) in [5.41, 5.74) is 0.894. The number of nitrogens with one attached hydrogen (secondary N) is 2. The Labute approximate surface area is 134 Å². The van der Waals surface area contributed by atoms with Gasteiger partial charge in [-0.3, -0.25) is 10.1 Å². The molecule has 2 N–H and O–H groups in total. The van der Waals surface area contributed by atoms with Crippen LogP contribution in [0.2, 0.25) is 0 Å². The molecule has 0 unspecified atom stereocenters. The Kier molecular flexibility index (Phi) is 5.57. The molecule has 0 aliphatic carbocycles. The fourth-order valence-corrected chi connectivity index (χ4v) is 1.84. The highest BCUT2D eigenvalue weighted by atomic mass is 16.5. The van der Waals surface area contributed by atoms with Gasteiger partial charge in [0.2, 0.25) is 5.91 Å². The highest BCUT2D eigenvalue weighted by Gasteiger charge is 2.03. The first-order chi connectivity index (χ1) is 11.1. The molecule has 3 amide bonds. The van der Waals surface area contributed by atoms with E-state index in [0.717, 1.165) is 11.3 Å². The lowest BCUT2D eigenvalue weighted by atomic mass is 10.2. The van der Waals surface area contributed by atoms with Crippen molar-refractivity contribution in [2.45, 2.75) is 13.5 Å². The van der Waals surface area contributed by atoms with E-state index in [1.165, 1.54) is 6.92 Å². The van der Waals surface area contributed by atoms with Crippen molar-refractivity contribution in [1.29, 1.82) is 0 Å². The van der Waals surface area contributed by atoms with E-state index < -0.39 is 11.9 Å². The number of hydrogen-bond acceptors (Lipinski definition) is 4. The van der Waals surface area contributed by atoms with Crippen molar-refractivity contribution in [3.8, 4) is 17.2 Å². The fraction of sp³-hybridized carbons (Fsp3) is 0.176. The fourth-order valence-electron chi connectivity index (χ4n) is 1.84. The summed E-state index contributed by atoms with van der Waals surface area (Å²) >= 11 is 0. The lowest BCUT2D eigenvalue weighted by Crippen LogP contribution is -2.37. The number of amides is 3. The number of rotatable bonds is 5. The normalized spacial score (nSPS) is 9.83. The molecule has 0 aromatic heterocycles. The number of imide groups is 1. The number of carbonyl (C=O) groups excluding carboxylic acids is 2. The lowest BCUT2D eigenvalue weighted by molar-refractivity contribution is -0.117. The van der Waals surface area contributed by atoms with E-state index in [1.807, 2.05) is 48.5 Å². The quantitative estimate of drug-likeness (QED) is 0.889. The number of methoxy groups -OCH3 is 1. The molecule has 0 aliphatic heterocycles. The molecule has 0 saturated carbocycles. The van der Waals surface area contributed by atoms with Crippen LogP contribution in [-0.2, 0) is 11.3 Å². The average Bonchev–Trinajstić information content (AvgIpc) is 2.54. The van der Waals surface area contributed by atoms with E-state index >= 15 is 0 Å². The zero-order valence-corrected chi connectivity index (χ0v) is 13.0. The topological polar surface area (TPSA) is 76.7 Å². The van der Waals surface area contributed by atoms with Crippen LogP contribution in [0, 0.1) is 0 Å². The van der Waals surface area contributed by atoms with Crippen LogP contribution in [0.4, 0.5) is 4.79 Å². The van der Waals surface area contributed by atoms with Gasteiger partial charge in [0.1, 0.15) is 17.2 Å². The van der Waals surface area contributed by atoms with E-state index in [0.29, 0.717) is 18.0 Å². The van der Waals surface area contributed by atoms with Crippen LogP contribution >= 0.6 is 0 Å². The molecule has 0 aliphatic rings. The smallest absolute Gasteiger partial charge is 0.321 e. The van der Waals surface area contributed by atoms with Crippen molar-refractivity contribution in [3.05, 3.63) is 54.1 Å². The lowest BCUT2D eigenvalue weighted by Gasteiger charge is -2.08. The van der Waals surface area contributed by atoms with Crippen molar-refractivity contribution < 1.29 is 19.1 Å². The number of benzene rings is 2. The van der Waals surface area contributed by atoms with Gasteiger partial charge < -0.3 is 14.8 Å². The minimum absolute atomic E-state index is 0.321. The summed E-state index contributed by atoms with van der Waals surface area (Å²) in [5, 5.41) is 4.73. The monoisotopic (exact) mass is 314 g/mol. The molecule has 0 heterocycles. The van der Waals surface area contributed by atoms with Gasteiger partial charge in [-0.25, -0.2) is 4.79 Å². The zero-order valence-electron chi connectivity index (χ0n) is 13.0. The van der Waals surface area contributed by atoms with Crippen LogP contribution in [0.5, 0.6) is 17.2 Å². The summed E-state index contributed by atoms with van der Waals surface area (Å²) in [6, 6.07) is 14.1. The molecule has 2 rings (SSSR count). The van der Waals surface area contributed by atoms with Crippen molar-refractivity contribution in [1.82, 2.24) is 10.6 Å². The molecule has 0 fully saturated rings.